The maximum absolute atomic E-state index is 13.1. The molecule has 14 nitrogen and oxygen atoms in total. The molecule has 0 radical (unpaired) electrons. The number of carbonyl (C=O) groups excluding carboxylic acids is 1. The van der Waals surface area contributed by atoms with Crippen LogP contribution >= 0.6 is 0 Å². The van der Waals surface area contributed by atoms with Crippen LogP contribution in [-0.2, 0) is 33.2 Å². The minimum absolute atomic E-state index is 0.0555. The molecule has 7 N–H and O–H groups in total. The molecular formula is C65H114O14. The Labute approximate surface area is 478 Å². The molecular weight excluding hydrogens is 1000 g/mol. The van der Waals surface area contributed by atoms with Gasteiger partial charge < -0.3 is 64.2 Å². The predicted octanol–water partition coefficient (Wildman–Crippen LogP) is 12.2. The molecule has 2 aliphatic heterocycles. The van der Waals surface area contributed by atoms with E-state index >= 15 is 0 Å². The first kappa shape index (κ1) is 72.5. The molecule has 2 fully saturated rings. The normalized spacial score (nSPS) is 24.5. The lowest BCUT2D eigenvalue weighted by molar-refractivity contribution is -0.332. The topological polar surface area (TPSA) is 214 Å². The van der Waals surface area contributed by atoms with E-state index in [1.165, 1.54) is 128 Å². The van der Waals surface area contributed by atoms with Crippen LogP contribution in [0.1, 0.15) is 232 Å². The van der Waals surface area contributed by atoms with Crippen molar-refractivity contribution in [2.45, 2.75) is 300 Å². The summed E-state index contributed by atoms with van der Waals surface area (Å²) in [6.45, 7) is 3.58. The van der Waals surface area contributed by atoms with Gasteiger partial charge in [-0.3, -0.25) is 4.79 Å². The summed E-state index contributed by atoms with van der Waals surface area (Å²) in [5.41, 5.74) is 0. The second-order valence-electron chi connectivity index (χ2n) is 21.8. The van der Waals surface area contributed by atoms with Gasteiger partial charge in [-0.25, -0.2) is 0 Å². The van der Waals surface area contributed by atoms with Crippen molar-refractivity contribution in [2.24, 2.45) is 0 Å². The van der Waals surface area contributed by atoms with Gasteiger partial charge in [-0.15, -0.1) is 0 Å². The van der Waals surface area contributed by atoms with E-state index in [1.54, 1.807) is 0 Å². The SMILES string of the molecule is CC/C=C\C/C=C\C/C=C\C/C=C\C/C=C\CCCCCCCCCCCCOCC(COC1OC(COC2OC(CO)C(O)C(O)C2O)C(O)C(O)C1O)OC(=O)CCCCCCCCCCC/C=C\CCCCCCCC. The average molecular weight is 1120 g/mol. The molecule has 0 bridgehead atoms. The molecule has 0 spiro atoms. The van der Waals surface area contributed by atoms with Crippen LogP contribution in [0.2, 0.25) is 0 Å². The summed E-state index contributed by atoms with van der Waals surface area (Å²) in [4.78, 5) is 13.1. The molecule has 0 saturated carbocycles. The van der Waals surface area contributed by atoms with Gasteiger partial charge in [0.15, 0.2) is 12.6 Å². The molecule has 0 aromatic heterocycles. The first-order valence-corrected chi connectivity index (χ1v) is 31.5. The molecule has 458 valence electrons. The standard InChI is InChI=1S/C65H114O14/c1-3-5-7-9-11-13-15-17-19-21-23-24-25-26-27-28-29-31-33-35-37-39-41-43-45-47-49-74-51-54(77-57(67)48-46-44-42-40-38-36-34-32-30-22-20-18-16-14-12-10-8-6-4-2)52-75-64-63(73)61(71)59(69)56(79-64)53-76-65-62(72)60(70)58(68)55(50-66)78-65/h5,7,11,13,17-20,23-24,26-27,54-56,58-66,68-73H,3-4,6,8-10,12,14-16,21-22,25,28-53H2,1-2H3/b7-5-,13-11-,19-17-,20-18-,24-23-,27-26-. The Morgan fingerprint density at radius 1 is 0.430 bits per heavy atom. The third-order valence-electron chi connectivity index (χ3n) is 14.7. The molecule has 0 aliphatic carbocycles. The van der Waals surface area contributed by atoms with Gasteiger partial charge in [0, 0.05) is 13.0 Å². The zero-order valence-corrected chi connectivity index (χ0v) is 49.3. The lowest BCUT2D eigenvalue weighted by Gasteiger charge is -2.42. The Balaban J connectivity index is 1.68. The van der Waals surface area contributed by atoms with Crippen molar-refractivity contribution < 1.29 is 69.0 Å². The Morgan fingerprint density at radius 2 is 0.823 bits per heavy atom. The molecule has 2 heterocycles. The number of aliphatic hydroxyl groups excluding tert-OH is 7. The molecule has 79 heavy (non-hydrogen) atoms. The molecule has 11 unspecified atom stereocenters. The monoisotopic (exact) mass is 1120 g/mol. The predicted molar refractivity (Wildman–Crippen MR) is 316 cm³/mol. The third kappa shape index (κ3) is 37.3. The van der Waals surface area contributed by atoms with Crippen molar-refractivity contribution >= 4 is 5.97 Å². The van der Waals surface area contributed by atoms with Crippen molar-refractivity contribution in [2.75, 3.05) is 33.0 Å². The van der Waals surface area contributed by atoms with Gasteiger partial charge >= 0.3 is 5.97 Å². The summed E-state index contributed by atoms with van der Waals surface area (Å²) in [6, 6.07) is 0. The largest absolute Gasteiger partial charge is 0.457 e. The summed E-state index contributed by atoms with van der Waals surface area (Å²) >= 11 is 0. The number of hydrogen-bond donors (Lipinski definition) is 7. The second-order valence-corrected chi connectivity index (χ2v) is 21.8. The number of aliphatic hydroxyl groups is 7. The van der Waals surface area contributed by atoms with Crippen molar-refractivity contribution in [3.8, 4) is 0 Å². The van der Waals surface area contributed by atoms with Crippen LogP contribution in [-0.4, -0.2) is 142 Å². The highest BCUT2D eigenvalue weighted by Gasteiger charge is 2.47. The number of hydrogen-bond acceptors (Lipinski definition) is 14. The van der Waals surface area contributed by atoms with E-state index in [0.29, 0.717) is 13.0 Å². The van der Waals surface area contributed by atoms with Gasteiger partial charge in [-0.2, -0.15) is 0 Å². The lowest BCUT2D eigenvalue weighted by atomic mass is 9.98. The average Bonchev–Trinajstić information content (AvgIpc) is 3.46. The first-order chi connectivity index (χ1) is 38.6. The molecule has 0 amide bonds. The molecule has 0 aromatic carbocycles. The molecule has 14 heteroatoms. The number of rotatable bonds is 51. The fourth-order valence-electron chi connectivity index (χ4n) is 9.66. The van der Waals surface area contributed by atoms with E-state index < -0.39 is 80.7 Å². The maximum atomic E-state index is 13.1. The van der Waals surface area contributed by atoms with Crippen LogP contribution in [0.15, 0.2) is 72.9 Å². The molecule has 2 aliphatic rings. The minimum Gasteiger partial charge on any atom is -0.457 e. The zero-order chi connectivity index (χ0) is 57.2. The van der Waals surface area contributed by atoms with Gasteiger partial charge in [0.25, 0.3) is 0 Å². The zero-order valence-electron chi connectivity index (χ0n) is 49.3. The Kier molecular flexibility index (Phi) is 46.9. The van der Waals surface area contributed by atoms with E-state index in [1.807, 2.05) is 0 Å². The molecule has 11 atom stereocenters. The number of carbonyl (C=O) groups is 1. The summed E-state index contributed by atoms with van der Waals surface area (Å²) in [6.07, 6.45) is 49.6. The quantitative estimate of drug-likeness (QED) is 0.0172. The minimum atomic E-state index is -1.71. The number of esters is 1. The number of ether oxygens (including phenoxy) is 6. The van der Waals surface area contributed by atoms with Crippen LogP contribution in [0, 0.1) is 0 Å². The van der Waals surface area contributed by atoms with E-state index in [2.05, 4.69) is 86.8 Å². The summed E-state index contributed by atoms with van der Waals surface area (Å²) in [7, 11) is 0. The summed E-state index contributed by atoms with van der Waals surface area (Å²) < 4.78 is 34.5. The van der Waals surface area contributed by atoms with Crippen LogP contribution < -0.4 is 0 Å². The fraction of sp³-hybridized carbons (Fsp3) is 0.800. The Morgan fingerprint density at radius 3 is 1.30 bits per heavy atom. The van der Waals surface area contributed by atoms with E-state index in [0.717, 1.165) is 77.0 Å². The number of allylic oxidation sites excluding steroid dienone is 12. The highest BCUT2D eigenvalue weighted by Crippen LogP contribution is 2.27. The van der Waals surface area contributed by atoms with Crippen LogP contribution in [0.4, 0.5) is 0 Å². The molecule has 2 saturated heterocycles. The highest BCUT2D eigenvalue weighted by molar-refractivity contribution is 5.69. The van der Waals surface area contributed by atoms with E-state index in [-0.39, 0.29) is 25.6 Å². The Bertz CT molecular complexity index is 1580. The summed E-state index contributed by atoms with van der Waals surface area (Å²) in [5.74, 6) is -0.380. The van der Waals surface area contributed by atoms with Gasteiger partial charge in [-0.05, 0) is 83.5 Å². The van der Waals surface area contributed by atoms with Crippen LogP contribution in [0.25, 0.3) is 0 Å². The van der Waals surface area contributed by atoms with E-state index in [9.17, 15) is 40.5 Å². The van der Waals surface area contributed by atoms with Gasteiger partial charge in [0.1, 0.15) is 54.9 Å². The van der Waals surface area contributed by atoms with Crippen LogP contribution in [0.3, 0.4) is 0 Å². The van der Waals surface area contributed by atoms with Gasteiger partial charge in [0.05, 0.1) is 26.4 Å². The van der Waals surface area contributed by atoms with E-state index in [4.69, 9.17) is 28.4 Å². The van der Waals surface area contributed by atoms with Gasteiger partial charge in [0.2, 0.25) is 0 Å². The first-order valence-electron chi connectivity index (χ1n) is 31.5. The van der Waals surface area contributed by atoms with Crippen molar-refractivity contribution in [3.63, 3.8) is 0 Å². The smallest absolute Gasteiger partial charge is 0.306 e. The molecule has 2 rings (SSSR count). The summed E-state index contributed by atoms with van der Waals surface area (Å²) in [5, 5.41) is 72.5. The lowest BCUT2D eigenvalue weighted by Crippen LogP contribution is -2.61. The van der Waals surface area contributed by atoms with Crippen molar-refractivity contribution in [1.82, 2.24) is 0 Å². The van der Waals surface area contributed by atoms with Crippen molar-refractivity contribution in [1.29, 1.82) is 0 Å². The highest BCUT2D eigenvalue weighted by atomic mass is 16.7. The molecule has 0 aromatic rings. The fourth-order valence-corrected chi connectivity index (χ4v) is 9.66. The number of unbranched alkanes of at least 4 members (excludes halogenated alkanes) is 25. The Hall–Kier alpha value is -2.57. The van der Waals surface area contributed by atoms with Gasteiger partial charge in [-0.1, -0.05) is 215 Å². The third-order valence-corrected chi connectivity index (χ3v) is 14.7. The van der Waals surface area contributed by atoms with Crippen LogP contribution in [0.5, 0.6) is 0 Å². The van der Waals surface area contributed by atoms with Crippen molar-refractivity contribution in [3.05, 3.63) is 72.9 Å². The second kappa shape index (κ2) is 51.1. The maximum Gasteiger partial charge on any atom is 0.306 e.